The Morgan fingerprint density at radius 1 is 1.13 bits per heavy atom. The fraction of sp³-hybridized carbons (Fsp3) is 0.200. The van der Waals surface area contributed by atoms with Crippen molar-refractivity contribution in [2.24, 2.45) is 0 Å². The molecule has 1 aliphatic heterocycles. The SMILES string of the molecule is COc1ccc(NC(=O)C2=C(C)NC(=O)N[C@H]2c2ccc([N+](=O)[O-])cc2)c(OC)c1. The molecule has 3 N–H and O–H groups in total. The van der Waals surface area contributed by atoms with Gasteiger partial charge in [0.2, 0.25) is 0 Å². The second kappa shape index (κ2) is 8.52. The molecule has 0 radical (unpaired) electrons. The van der Waals surface area contributed by atoms with Crippen molar-refractivity contribution in [3.8, 4) is 11.5 Å². The van der Waals surface area contributed by atoms with Gasteiger partial charge in [-0.05, 0) is 36.8 Å². The molecular formula is C20H20N4O6. The van der Waals surface area contributed by atoms with Gasteiger partial charge in [0, 0.05) is 23.9 Å². The minimum absolute atomic E-state index is 0.0892. The van der Waals surface area contributed by atoms with Gasteiger partial charge >= 0.3 is 6.03 Å². The molecule has 30 heavy (non-hydrogen) atoms. The van der Waals surface area contributed by atoms with E-state index in [-0.39, 0.29) is 11.3 Å². The lowest BCUT2D eigenvalue weighted by Crippen LogP contribution is -2.45. The molecule has 2 aromatic rings. The van der Waals surface area contributed by atoms with E-state index in [1.807, 2.05) is 0 Å². The van der Waals surface area contributed by atoms with Gasteiger partial charge in [0.25, 0.3) is 11.6 Å². The molecule has 10 heteroatoms. The summed E-state index contributed by atoms with van der Waals surface area (Å²) < 4.78 is 10.5. The van der Waals surface area contributed by atoms with E-state index in [0.29, 0.717) is 28.4 Å². The number of methoxy groups -OCH3 is 2. The number of nitro groups is 1. The number of hydrogen-bond donors (Lipinski definition) is 3. The molecule has 0 aromatic heterocycles. The Morgan fingerprint density at radius 2 is 1.83 bits per heavy atom. The molecule has 0 aliphatic carbocycles. The van der Waals surface area contributed by atoms with Crippen LogP contribution in [0.1, 0.15) is 18.5 Å². The maximum atomic E-state index is 13.1. The van der Waals surface area contributed by atoms with Crippen LogP contribution in [-0.4, -0.2) is 31.1 Å². The average molecular weight is 412 g/mol. The molecule has 1 atom stereocenters. The van der Waals surface area contributed by atoms with E-state index in [1.54, 1.807) is 25.1 Å². The molecule has 156 valence electrons. The third-order valence-electron chi connectivity index (χ3n) is 4.61. The Bertz CT molecular complexity index is 1030. The van der Waals surface area contributed by atoms with Crippen molar-refractivity contribution in [2.75, 3.05) is 19.5 Å². The third kappa shape index (κ3) is 4.17. The monoisotopic (exact) mass is 412 g/mol. The van der Waals surface area contributed by atoms with Crippen LogP contribution >= 0.6 is 0 Å². The molecule has 1 aliphatic rings. The van der Waals surface area contributed by atoms with Crippen molar-refractivity contribution < 1.29 is 24.0 Å². The van der Waals surface area contributed by atoms with Gasteiger partial charge in [-0.25, -0.2) is 4.79 Å². The number of benzene rings is 2. The first kappa shape index (κ1) is 20.6. The highest BCUT2D eigenvalue weighted by molar-refractivity contribution is 6.07. The summed E-state index contributed by atoms with van der Waals surface area (Å²) in [6, 6.07) is 9.33. The van der Waals surface area contributed by atoms with E-state index in [4.69, 9.17) is 9.47 Å². The zero-order valence-electron chi connectivity index (χ0n) is 16.5. The Labute approximate surface area is 172 Å². The van der Waals surface area contributed by atoms with Crippen molar-refractivity contribution in [1.29, 1.82) is 0 Å². The van der Waals surface area contributed by atoms with E-state index in [0.717, 1.165) is 0 Å². The number of carbonyl (C=O) groups excluding carboxylic acids is 2. The van der Waals surface area contributed by atoms with E-state index >= 15 is 0 Å². The molecule has 10 nitrogen and oxygen atoms in total. The second-order valence-corrected chi connectivity index (χ2v) is 6.44. The van der Waals surface area contributed by atoms with Gasteiger partial charge in [-0.1, -0.05) is 0 Å². The zero-order valence-corrected chi connectivity index (χ0v) is 16.5. The quantitative estimate of drug-likeness (QED) is 0.494. The lowest BCUT2D eigenvalue weighted by atomic mass is 9.94. The van der Waals surface area contributed by atoms with E-state index < -0.39 is 22.9 Å². The number of hydrogen-bond acceptors (Lipinski definition) is 6. The third-order valence-corrected chi connectivity index (χ3v) is 4.61. The number of ether oxygens (including phenoxy) is 2. The van der Waals surface area contributed by atoms with Gasteiger partial charge in [-0.3, -0.25) is 14.9 Å². The van der Waals surface area contributed by atoms with Gasteiger partial charge < -0.3 is 25.4 Å². The summed E-state index contributed by atoms with van der Waals surface area (Å²) in [4.78, 5) is 35.5. The first-order valence-electron chi connectivity index (χ1n) is 8.90. The number of non-ortho nitro benzene ring substituents is 1. The number of carbonyl (C=O) groups is 2. The summed E-state index contributed by atoms with van der Waals surface area (Å²) in [6.45, 7) is 1.61. The van der Waals surface area contributed by atoms with E-state index in [9.17, 15) is 19.7 Å². The first-order valence-corrected chi connectivity index (χ1v) is 8.90. The molecule has 0 bridgehead atoms. The Hall–Kier alpha value is -4.08. The molecule has 0 unspecified atom stereocenters. The van der Waals surface area contributed by atoms with Crippen molar-refractivity contribution in [3.63, 3.8) is 0 Å². The van der Waals surface area contributed by atoms with Crippen LogP contribution in [0.4, 0.5) is 16.2 Å². The summed E-state index contributed by atoms with van der Waals surface area (Å²) in [6.07, 6.45) is 0. The number of anilines is 1. The van der Waals surface area contributed by atoms with Crippen molar-refractivity contribution in [1.82, 2.24) is 10.6 Å². The molecule has 3 amide bonds. The Morgan fingerprint density at radius 3 is 2.43 bits per heavy atom. The first-order chi connectivity index (χ1) is 14.3. The number of nitrogens with zero attached hydrogens (tertiary/aromatic N) is 1. The van der Waals surface area contributed by atoms with Crippen LogP contribution in [0, 0.1) is 10.1 Å². The Balaban J connectivity index is 1.94. The van der Waals surface area contributed by atoms with Crippen LogP contribution in [0.5, 0.6) is 11.5 Å². The number of rotatable bonds is 6. The maximum absolute atomic E-state index is 13.1. The predicted molar refractivity (Wildman–Crippen MR) is 108 cm³/mol. The summed E-state index contributed by atoms with van der Waals surface area (Å²) in [5, 5.41) is 19.0. The van der Waals surface area contributed by atoms with Crippen LogP contribution in [0.2, 0.25) is 0 Å². The van der Waals surface area contributed by atoms with Gasteiger partial charge in [-0.2, -0.15) is 0 Å². The fourth-order valence-corrected chi connectivity index (χ4v) is 3.12. The number of nitrogens with one attached hydrogen (secondary N) is 3. The number of amides is 3. The highest BCUT2D eigenvalue weighted by atomic mass is 16.6. The van der Waals surface area contributed by atoms with Crippen LogP contribution in [0.15, 0.2) is 53.7 Å². The predicted octanol–water partition coefficient (Wildman–Crippen LogP) is 2.88. The molecule has 0 spiro atoms. The van der Waals surface area contributed by atoms with Gasteiger partial charge in [-0.15, -0.1) is 0 Å². The molecule has 0 saturated heterocycles. The fourth-order valence-electron chi connectivity index (χ4n) is 3.12. The van der Waals surface area contributed by atoms with Crippen LogP contribution in [0.25, 0.3) is 0 Å². The summed E-state index contributed by atoms with van der Waals surface area (Å²) in [5.74, 6) is 0.503. The largest absolute Gasteiger partial charge is 0.497 e. The topological polar surface area (TPSA) is 132 Å². The van der Waals surface area contributed by atoms with Crippen molar-refractivity contribution >= 4 is 23.3 Å². The minimum atomic E-state index is -0.788. The Kier molecular flexibility index (Phi) is 5.86. The lowest BCUT2D eigenvalue weighted by molar-refractivity contribution is -0.384. The minimum Gasteiger partial charge on any atom is -0.497 e. The van der Waals surface area contributed by atoms with Gasteiger partial charge in [0.05, 0.1) is 36.4 Å². The number of allylic oxidation sites excluding steroid dienone is 1. The molecule has 0 fully saturated rings. The molecule has 0 saturated carbocycles. The van der Waals surface area contributed by atoms with Crippen molar-refractivity contribution in [3.05, 3.63) is 69.4 Å². The molecule has 3 rings (SSSR count). The highest BCUT2D eigenvalue weighted by Crippen LogP contribution is 2.32. The molecule has 1 heterocycles. The smallest absolute Gasteiger partial charge is 0.319 e. The van der Waals surface area contributed by atoms with E-state index in [1.165, 1.54) is 38.5 Å². The second-order valence-electron chi connectivity index (χ2n) is 6.44. The van der Waals surface area contributed by atoms with Crippen molar-refractivity contribution in [2.45, 2.75) is 13.0 Å². The zero-order chi connectivity index (χ0) is 21.8. The number of nitro benzene ring substituents is 1. The average Bonchev–Trinajstić information content (AvgIpc) is 2.73. The van der Waals surface area contributed by atoms with Crippen LogP contribution < -0.4 is 25.4 Å². The molecule has 2 aromatic carbocycles. The van der Waals surface area contributed by atoms with Gasteiger partial charge in [0.1, 0.15) is 11.5 Å². The lowest BCUT2D eigenvalue weighted by Gasteiger charge is -2.28. The number of urea groups is 1. The van der Waals surface area contributed by atoms with Crippen LogP contribution in [0.3, 0.4) is 0 Å². The van der Waals surface area contributed by atoms with Crippen LogP contribution in [-0.2, 0) is 4.79 Å². The summed E-state index contributed by atoms with van der Waals surface area (Å²) in [7, 11) is 2.99. The summed E-state index contributed by atoms with van der Waals surface area (Å²) >= 11 is 0. The van der Waals surface area contributed by atoms with E-state index in [2.05, 4.69) is 16.0 Å². The normalized spacial score (nSPS) is 15.7. The summed E-state index contributed by atoms with van der Waals surface area (Å²) in [5.41, 5.74) is 1.49. The standard InChI is InChI=1S/C20H20N4O6/c1-11-17(19(25)22-15-9-8-14(29-2)10-16(15)30-3)18(23-20(26)21-11)12-4-6-13(7-5-12)24(27)28/h4-10,18H,1-3H3,(H,22,25)(H2,21,23,26)/t18-/m0/s1. The van der Waals surface area contributed by atoms with Gasteiger partial charge in [0.15, 0.2) is 0 Å². The highest BCUT2D eigenvalue weighted by Gasteiger charge is 2.31. The maximum Gasteiger partial charge on any atom is 0.319 e. The molecular weight excluding hydrogens is 392 g/mol.